The highest BCUT2D eigenvalue weighted by Crippen LogP contribution is 2.37. The van der Waals surface area contributed by atoms with Crippen LogP contribution in [0.15, 0.2) is 42.5 Å². The maximum Gasteiger partial charge on any atom is 0.347 e. The molecule has 0 aliphatic rings. The van der Waals surface area contributed by atoms with Gasteiger partial charge >= 0.3 is 11.9 Å². The van der Waals surface area contributed by atoms with Crippen molar-refractivity contribution in [2.45, 2.75) is 41.2 Å². The lowest BCUT2D eigenvalue weighted by atomic mass is 10.0. The zero-order valence-corrected chi connectivity index (χ0v) is 19.9. The molecule has 2 N–H and O–H groups in total. The van der Waals surface area contributed by atoms with Crippen LogP contribution in [0.4, 0.5) is 0 Å². The van der Waals surface area contributed by atoms with E-state index in [2.05, 4.69) is 0 Å². The predicted molar refractivity (Wildman–Crippen MR) is 127 cm³/mol. The van der Waals surface area contributed by atoms with Crippen molar-refractivity contribution in [3.63, 3.8) is 0 Å². The second kappa shape index (κ2) is 10.3. The fourth-order valence-corrected chi connectivity index (χ4v) is 3.60. The van der Waals surface area contributed by atoms with E-state index in [0.717, 1.165) is 5.56 Å². The Labute approximate surface area is 198 Å². The zero-order valence-electron chi connectivity index (χ0n) is 19.9. The first-order valence-electron chi connectivity index (χ1n) is 10.9. The predicted octanol–water partition coefficient (Wildman–Crippen LogP) is 5.31. The minimum atomic E-state index is -0.793. The van der Waals surface area contributed by atoms with E-state index in [0.29, 0.717) is 29.0 Å². The molecule has 0 aromatic heterocycles. The summed E-state index contributed by atoms with van der Waals surface area (Å²) in [5.74, 6) is -1.47. The first kappa shape index (κ1) is 24.6. The molecule has 0 bridgehead atoms. The average molecular weight is 465 g/mol. The molecule has 0 radical (unpaired) electrons. The number of benzene rings is 3. The molecule has 0 saturated heterocycles. The van der Waals surface area contributed by atoms with Crippen LogP contribution in [0.25, 0.3) is 0 Å². The summed E-state index contributed by atoms with van der Waals surface area (Å²) in [6, 6.07) is 12.8. The number of aryl methyl sites for hydroxylation is 2. The summed E-state index contributed by atoms with van der Waals surface area (Å²) in [5.41, 5.74) is 2.47. The van der Waals surface area contributed by atoms with Gasteiger partial charge in [-0.15, -0.1) is 0 Å². The van der Waals surface area contributed by atoms with E-state index in [1.807, 2.05) is 30.3 Å². The second-order valence-electron chi connectivity index (χ2n) is 7.96. The summed E-state index contributed by atoms with van der Waals surface area (Å²) >= 11 is 0. The minimum absolute atomic E-state index is 0.00410. The Morgan fingerprint density at radius 2 is 1.32 bits per heavy atom. The van der Waals surface area contributed by atoms with Crippen LogP contribution in [0, 0.1) is 27.7 Å². The number of hydrogen-bond acceptors (Lipinski definition) is 7. The average Bonchev–Trinajstić information content (AvgIpc) is 2.79. The van der Waals surface area contributed by atoms with Crippen LogP contribution in [0.3, 0.4) is 0 Å². The zero-order chi connectivity index (χ0) is 25.0. The van der Waals surface area contributed by atoms with Gasteiger partial charge in [-0.25, -0.2) is 9.59 Å². The first-order valence-corrected chi connectivity index (χ1v) is 10.9. The maximum atomic E-state index is 13.0. The molecule has 3 aromatic rings. The summed E-state index contributed by atoms with van der Waals surface area (Å²) < 4.78 is 16.4. The molecule has 0 fully saturated rings. The highest BCUT2D eigenvalue weighted by molar-refractivity contribution is 5.98. The Balaban J connectivity index is 1.88. The molecule has 3 rings (SSSR count). The number of rotatable bonds is 7. The lowest BCUT2D eigenvalue weighted by molar-refractivity contribution is 0.0522. The molecular weight excluding hydrogens is 436 g/mol. The van der Waals surface area contributed by atoms with Gasteiger partial charge in [0.1, 0.15) is 40.7 Å². The summed E-state index contributed by atoms with van der Waals surface area (Å²) in [4.78, 5) is 25.2. The van der Waals surface area contributed by atoms with E-state index >= 15 is 0 Å². The van der Waals surface area contributed by atoms with Gasteiger partial charge in [0, 0.05) is 11.1 Å². The molecule has 0 heterocycles. The standard InChI is InChI=1S/C27H28O7/c1-6-32-26(30)22-16(3)13-21(18(5)25(22)29)34-27(31)23-15(2)12-20(17(4)24(23)28)33-14-19-10-8-7-9-11-19/h7-13,28-29H,6,14H2,1-5H3. The van der Waals surface area contributed by atoms with E-state index in [1.54, 1.807) is 33.8 Å². The molecule has 0 aliphatic heterocycles. The van der Waals surface area contributed by atoms with Gasteiger partial charge in [-0.3, -0.25) is 0 Å². The summed E-state index contributed by atoms with van der Waals surface area (Å²) in [7, 11) is 0. The molecule has 3 aromatic carbocycles. The topological polar surface area (TPSA) is 102 Å². The molecule has 0 spiro atoms. The Bertz CT molecular complexity index is 1230. The fraction of sp³-hybridized carbons (Fsp3) is 0.259. The van der Waals surface area contributed by atoms with Crippen molar-refractivity contribution in [3.05, 3.63) is 81.4 Å². The third kappa shape index (κ3) is 4.98. The largest absolute Gasteiger partial charge is 0.507 e. The van der Waals surface area contributed by atoms with Crippen molar-refractivity contribution in [2.24, 2.45) is 0 Å². The van der Waals surface area contributed by atoms with Crippen LogP contribution in [0.5, 0.6) is 23.0 Å². The van der Waals surface area contributed by atoms with Crippen LogP contribution in [0.1, 0.15) is 55.5 Å². The first-order chi connectivity index (χ1) is 16.1. The van der Waals surface area contributed by atoms with Crippen molar-refractivity contribution in [2.75, 3.05) is 6.61 Å². The molecule has 7 nitrogen and oxygen atoms in total. The number of phenolic OH excluding ortho intramolecular Hbond substituents is 2. The third-order valence-corrected chi connectivity index (χ3v) is 5.53. The number of esters is 2. The molecule has 0 aliphatic carbocycles. The van der Waals surface area contributed by atoms with Crippen molar-refractivity contribution in [1.82, 2.24) is 0 Å². The summed E-state index contributed by atoms with van der Waals surface area (Å²) in [5, 5.41) is 21.3. The van der Waals surface area contributed by atoms with E-state index in [1.165, 1.54) is 13.0 Å². The Morgan fingerprint density at radius 1 is 0.794 bits per heavy atom. The van der Waals surface area contributed by atoms with E-state index < -0.39 is 11.9 Å². The van der Waals surface area contributed by atoms with Gasteiger partial charge in [0.25, 0.3) is 0 Å². The second-order valence-corrected chi connectivity index (χ2v) is 7.96. The quantitative estimate of drug-likeness (QED) is 0.361. The lowest BCUT2D eigenvalue weighted by Crippen LogP contribution is -2.14. The van der Waals surface area contributed by atoms with Crippen LogP contribution >= 0.6 is 0 Å². The number of hydrogen-bond donors (Lipinski definition) is 2. The van der Waals surface area contributed by atoms with Gasteiger partial charge in [-0.1, -0.05) is 30.3 Å². The van der Waals surface area contributed by atoms with E-state index in [4.69, 9.17) is 14.2 Å². The number of phenols is 2. The molecule has 0 unspecified atom stereocenters. The SMILES string of the molecule is CCOC(=O)c1c(C)cc(OC(=O)c2c(C)cc(OCc3ccccc3)c(C)c2O)c(C)c1O. The van der Waals surface area contributed by atoms with Gasteiger partial charge in [-0.2, -0.15) is 0 Å². The smallest absolute Gasteiger partial charge is 0.347 e. The van der Waals surface area contributed by atoms with Gasteiger partial charge in [0.15, 0.2) is 0 Å². The summed E-state index contributed by atoms with van der Waals surface area (Å²) in [6.07, 6.45) is 0. The van der Waals surface area contributed by atoms with Crippen LogP contribution in [-0.4, -0.2) is 28.8 Å². The Hall–Kier alpha value is -4.00. The fourth-order valence-electron chi connectivity index (χ4n) is 3.60. The van der Waals surface area contributed by atoms with Gasteiger partial charge in [0.05, 0.1) is 6.61 Å². The molecule has 34 heavy (non-hydrogen) atoms. The summed E-state index contributed by atoms with van der Waals surface area (Å²) in [6.45, 7) is 8.60. The lowest BCUT2D eigenvalue weighted by Gasteiger charge is -2.17. The molecule has 0 saturated carbocycles. The van der Waals surface area contributed by atoms with Gasteiger partial charge in [0.2, 0.25) is 0 Å². The third-order valence-electron chi connectivity index (χ3n) is 5.53. The minimum Gasteiger partial charge on any atom is -0.507 e. The van der Waals surface area contributed by atoms with Crippen molar-refractivity contribution < 1.29 is 34.0 Å². The number of carbonyl (C=O) groups is 2. The van der Waals surface area contributed by atoms with Crippen molar-refractivity contribution >= 4 is 11.9 Å². The van der Waals surface area contributed by atoms with Crippen LogP contribution < -0.4 is 9.47 Å². The van der Waals surface area contributed by atoms with Crippen LogP contribution in [0.2, 0.25) is 0 Å². The Morgan fingerprint density at radius 3 is 1.91 bits per heavy atom. The number of ether oxygens (including phenoxy) is 3. The van der Waals surface area contributed by atoms with Crippen molar-refractivity contribution in [3.8, 4) is 23.0 Å². The monoisotopic (exact) mass is 464 g/mol. The molecule has 7 heteroatoms. The van der Waals surface area contributed by atoms with E-state index in [-0.39, 0.29) is 40.5 Å². The molecule has 0 amide bonds. The Kier molecular flexibility index (Phi) is 7.46. The van der Waals surface area contributed by atoms with E-state index in [9.17, 15) is 19.8 Å². The highest BCUT2D eigenvalue weighted by atomic mass is 16.5. The number of aromatic hydroxyl groups is 2. The maximum absolute atomic E-state index is 13.0. The van der Waals surface area contributed by atoms with Crippen LogP contribution in [-0.2, 0) is 11.3 Å². The van der Waals surface area contributed by atoms with Gasteiger partial charge in [-0.05, 0) is 63.4 Å². The number of carbonyl (C=O) groups excluding carboxylic acids is 2. The highest BCUT2D eigenvalue weighted by Gasteiger charge is 2.25. The molecule has 178 valence electrons. The molecule has 0 atom stereocenters. The normalized spacial score (nSPS) is 10.6. The van der Waals surface area contributed by atoms with Crippen molar-refractivity contribution in [1.29, 1.82) is 0 Å². The molecular formula is C27H28O7. The van der Waals surface area contributed by atoms with Gasteiger partial charge < -0.3 is 24.4 Å².